The van der Waals surface area contributed by atoms with Crippen LogP contribution >= 0.6 is 0 Å². The monoisotopic (exact) mass is 182 g/mol. The van der Waals surface area contributed by atoms with Gasteiger partial charge in [0.2, 0.25) is 0 Å². The van der Waals surface area contributed by atoms with Gasteiger partial charge in [0.1, 0.15) is 5.76 Å². The zero-order valence-electron chi connectivity index (χ0n) is 7.91. The Morgan fingerprint density at radius 2 is 2.15 bits per heavy atom. The van der Waals surface area contributed by atoms with Gasteiger partial charge in [-0.25, -0.2) is 0 Å². The Morgan fingerprint density at radius 1 is 1.54 bits per heavy atom. The van der Waals surface area contributed by atoms with E-state index in [2.05, 4.69) is 4.74 Å². The molecule has 0 heterocycles. The highest BCUT2D eigenvalue weighted by Gasteiger charge is 2.41. The van der Waals surface area contributed by atoms with Crippen molar-refractivity contribution in [2.75, 3.05) is 7.11 Å². The van der Waals surface area contributed by atoms with E-state index < -0.39 is 0 Å². The molecule has 0 aromatic carbocycles. The summed E-state index contributed by atoms with van der Waals surface area (Å²) in [5.41, 5.74) is -0.142. The Bertz CT molecular complexity index is 259. The molecule has 0 amide bonds. The summed E-state index contributed by atoms with van der Waals surface area (Å²) in [6, 6.07) is 0. The van der Waals surface area contributed by atoms with Gasteiger partial charge in [-0.2, -0.15) is 0 Å². The number of ether oxygens (including phenoxy) is 1. The number of allylic oxidation sites excluding steroid dienone is 3. The minimum absolute atomic E-state index is 0.142. The molecule has 0 bridgehead atoms. The van der Waals surface area contributed by atoms with Crippen molar-refractivity contribution in [3.8, 4) is 0 Å². The van der Waals surface area contributed by atoms with Gasteiger partial charge < -0.3 is 9.84 Å². The number of aliphatic hydroxyl groups excluding tert-OH is 1. The van der Waals surface area contributed by atoms with Gasteiger partial charge >= 0.3 is 0 Å². The second kappa shape index (κ2) is 3.64. The van der Waals surface area contributed by atoms with Crippen molar-refractivity contribution < 1.29 is 14.6 Å². The Labute approximate surface area is 77.7 Å². The smallest absolute Gasteiger partial charge is 0.185 e. The second-order valence-electron chi connectivity index (χ2n) is 3.53. The highest BCUT2D eigenvalue weighted by Crippen LogP contribution is 2.50. The third kappa shape index (κ3) is 2.61. The fraction of sp³-hybridized carbons (Fsp3) is 0.500. The highest BCUT2D eigenvalue weighted by molar-refractivity contribution is 5.99. The van der Waals surface area contributed by atoms with Crippen LogP contribution in [0, 0.1) is 5.41 Å². The lowest BCUT2D eigenvalue weighted by Gasteiger charge is -2.04. The molecule has 0 aromatic rings. The van der Waals surface area contributed by atoms with Gasteiger partial charge in [0.05, 0.1) is 13.4 Å². The molecule has 0 aromatic heterocycles. The maximum absolute atomic E-state index is 11.1. The van der Waals surface area contributed by atoms with Crippen LogP contribution in [0.2, 0.25) is 0 Å². The highest BCUT2D eigenvalue weighted by atomic mass is 16.5. The average Bonchev–Trinajstić information content (AvgIpc) is 2.81. The van der Waals surface area contributed by atoms with Gasteiger partial charge in [0, 0.05) is 17.6 Å². The van der Waals surface area contributed by atoms with Crippen LogP contribution in [0.15, 0.2) is 24.2 Å². The third-order valence-electron chi connectivity index (χ3n) is 2.27. The predicted octanol–water partition coefficient (Wildman–Crippen LogP) is 1.96. The number of rotatable bonds is 4. The number of carbonyl (C=O) groups is 1. The Hall–Kier alpha value is -1.25. The normalized spacial score (nSPS) is 20.3. The molecule has 0 aliphatic heterocycles. The summed E-state index contributed by atoms with van der Waals surface area (Å²) in [7, 11) is 1.47. The van der Waals surface area contributed by atoms with E-state index in [1.807, 2.05) is 6.92 Å². The molecular weight excluding hydrogens is 168 g/mol. The molecule has 0 atom stereocenters. The van der Waals surface area contributed by atoms with Crippen LogP contribution in [0.25, 0.3) is 0 Å². The van der Waals surface area contributed by atoms with Crippen molar-refractivity contribution >= 4 is 5.78 Å². The summed E-state index contributed by atoms with van der Waals surface area (Å²) >= 11 is 0. The molecule has 3 nitrogen and oxygen atoms in total. The van der Waals surface area contributed by atoms with Gasteiger partial charge in [-0.1, -0.05) is 6.92 Å². The van der Waals surface area contributed by atoms with Crippen LogP contribution in [0.5, 0.6) is 0 Å². The molecule has 0 spiro atoms. The molecule has 1 fully saturated rings. The first-order chi connectivity index (χ1) is 6.08. The zero-order chi connectivity index (χ0) is 9.90. The molecule has 0 radical (unpaired) electrons. The maximum atomic E-state index is 11.1. The largest absolute Gasteiger partial charge is 0.512 e. The average molecular weight is 182 g/mol. The SMILES string of the molecule is CO/C=C/C(=O)/C=C(/O)C1(C)CC1. The first-order valence-corrected chi connectivity index (χ1v) is 4.23. The number of hydrogen-bond acceptors (Lipinski definition) is 3. The van der Waals surface area contributed by atoms with E-state index in [4.69, 9.17) is 0 Å². The van der Waals surface area contributed by atoms with Crippen LogP contribution in [0.3, 0.4) is 0 Å². The molecule has 13 heavy (non-hydrogen) atoms. The molecule has 1 aliphatic rings. The maximum Gasteiger partial charge on any atom is 0.185 e. The summed E-state index contributed by atoms with van der Waals surface area (Å²) in [5.74, 6) is -0.0641. The van der Waals surface area contributed by atoms with Crippen molar-refractivity contribution in [3.63, 3.8) is 0 Å². The lowest BCUT2D eigenvalue weighted by molar-refractivity contribution is -0.110. The molecule has 0 saturated heterocycles. The zero-order valence-corrected chi connectivity index (χ0v) is 7.91. The first kappa shape index (κ1) is 9.84. The predicted molar refractivity (Wildman–Crippen MR) is 49.2 cm³/mol. The molecule has 1 rings (SSSR count). The number of hydrogen-bond donors (Lipinski definition) is 1. The van der Waals surface area contributed by atoms with Gasteiger partial charge in [-0.15, -0.1) is 0 Å². The Morgan fingerprint density at radius 3 is 2.62 bits per heavy atom. The number of aliphatic hydroxyl groups is 1. The van der Waals surface area contributed by atoms with E-state index in [-0.39, 0.29) is 17.0 Å². The van der Waals surface area contributed by atoms with Crippen LogP contribution in [-0.4, -0.2) is 18.0 Å². The second-order valence-corrected chi connectivity index (χ2v) is 3.53. The van der Waals surface area contributed by atoms with E-state index in [0.29, 0.717) is 0 Å². The van der Waals surface area contributed by atoms with Crippen molar-refractivity contribution in [2.45, 2.75) is 19.8 Å². The molecule has 1 N–H and O–H groups in total. The van der Waals surface area contributed by atoms with Crippen LogP contribution in [0.4, 0.5) is 0 Å². The van der Waals surface area contributed by atoms with Gasteiger partial charge in [-0.05, 0) is 12.8 Å². The number of ketones is 1. The van der Waals surface area contributed by atoms with Crippen LogP contribution < -0.4 is 0 Å². The van der Waals surface area contributed by atoms with Crippen molar-refractivity contribution in [3.05, 3.63) is 24.2 Å². The molecule has 3 heteroatoms. The molecule has 0 unspecified atom stereocenters. The fourth-order valence-electron chi connectivity index (χ4n) is 0.936. The van der Waals surface area contributed by atoms with Crippen molar-refractivity contribution in [2.24, 2.45) is 5.41 Å². The summed E-state index contributed by atoms with van der Waals surface area (Å²) < 4.78 is 4.58. The third-order valence-corrected chi connectivity index (χ3v) is 2.27. The van der Waals surface area contributed by atoms with E-state index in [1.54, 1.807) is 0 Å². The number of methoxy groups -OCH3 is 1. The van der Waals surface area contributed by atoms with E-state index in [9.17, 15) is 9.90 Å². The van der Waals surface area contributed by atoms with E-state index in [1.165, 1.54) is 25.5 Å². The van der Waals surface area contributed by atoms with Crippen molar-refractivity contribution in [1.29, 1.82) is 0 Å². The van der Waals surface area contributed by atoms with E-state index >= 15 is 0 Å². The van der Waals surface area contributed by atoms with Gasteiger partial charge in [0.25, 0.3) is 0 Å². The Kier molecular flexibility index (Phi) is 2.76. The summed E-state index contributed by atoms with van der Waals surface area (Å²) in [4.78, 5) is 11.1. The topological polar surface area (TPSA) is 46.5 Å². The van der Waals surface area contributed by atoms with Gasteiger partial charge in [0.15, 0.2) is 5.78 Å². The molecule has 1 saturated carbocycles. The minimum atomic E-state index is -0.243. The standard InChI is InChI=1S/C10H14O3/c1-10(4-5-10)9(12)7-8(11)3-6-13-2/h3,6-7,12H,4-5H2,1-2H3/b6-3+,9-7+. The fourth-order valence-corrected chi connectivity index (χ4v) is 0.936. The quantitative estimate of drug-likeness (QED) is 0.534. The summed E-state index contributed by atoms with van der Waals surface area (Å²) in [5, 5.41) is 9.48. The van der Waals surface area contributed by atoms with Gasteiger partial charge in [-0.3, -0.25) is 4.79 Å². The molecule has 1 aliphatic carbocycles. The minimum Gasteiger partial charge on any atom is -0.512 e. The lowest BCUT2D eigenvalue weighted by Crippen LogP contribution is -2.00. The molecular formula is C10H14O3. The molecule has 72 valence electrons. The summed E-state index contributed by atoms with van der Waals surface area (Å²) in [6.45, 7) is 1.94. The first-order valence-electron chi connectivity index (χ1n) is 4.23. The van der Waals surface area contributed by atoms with Crippen LogP contribution in [0.1, 0.15) is 19.8 Å². The number of carbonyl (C=O) groups excluding carboxylic acids is 1. The lowest BCUT2D eigenvalue weighted by atomic mass is 10.1. The van der Waals surface area contributed by atoms with Crippen LogP contribution in [-0.2, 0) is 9.53 Å². The summed E-state index contributed by atoms with van der Waals surface area (Å²) in [6.07, 6.45) is 5.74. The Balaban J connectivity index is 2.55. The van der Waals surface area contributed by atoms with E-state index in [0.717, 1.165) is 12.8 Å². The van der Waals surface area contributed by atoms with Crippen molar-refractivity contribution in [1.82, 2.24) is 0 Å².